The summed E-state index contributed by atoms with van der Waals surface area (Å²) in [4.78, 5) is 10.8. The lowest BCUT2D eigenvalue weighted by Crippen LogP contribution is -2.22. The maximum Gasteiger partial charge on any atom is 0.335 e. The Kier molecular flexibility index (Phi) is 6.19. The zero-order chi connectivity index (χ0) is 19.3. The number of carbonyl (C=O) groups is 1. The zero-order valence-corrected chi connectivity index (χ0v) is 14.9. The van der Waals surface area contributed by atoms with E-state index in [9.17, 15) is 23.5 Å². The van der Waals surface area contributed by atoms with Gasteiger partial charge in [-0.2, -0.15) is 0 Å². The molecular weight excluding hydrogens is 360 g/mol. The molecule has 0 fully saturated rings. The van der Waals surface area contributed by atoms with E-state index in [1.54, 1.807) is 30.3 Å². The molecule has 0 aliphatic heterocycles. The second-order valence-electron chi connectivity index (χ2n) is 5.56. The number of hydrogen-bond donors (Lipinski definition) is 3. The minimum atomic E-state index is -4.31. The maximum absolute atomic E-state index is 12.0. The van der Waals surface area contributed by atoms with Crippen LogP contribution in [0.5, 0.6) is 11.5 Å². The standard InChI is InChI=1S/C17H20N2O6S/c1-2-3-9-19(22)14-10-12(17(20)21)11-15(26(18,23)24)16(14)25-13-7-5-4-6-8-13/h4-8,10-11,22H,2-3,9H2,1H3,(H,20,21)(H2,18,23,24). The molecule has 9 heteroatoms. The normalized spacial score (nSPS) is 11.2. The summed E-state index contributed by atoms with van der Waals surface area (Å²) in [5.41, 5.74) is -0.425. The molecule has 2 aromatic carbocycles. The maximum atomic E-state index is 12.0. The highest BCUT2D eigenvalue weighted by atomic mass is 32.2. The Bertz CT molecular complexity index is 884. The zero-order valence-electron chi connectivity index (χ0n) is 14.1. The van der Waals surface area contributed by atoms with Crippen LogP contribution in [0.15, 0.2) is 47.4 Å². The molecule has 26 heavy (non-hydrogen) atoms. The molecule has 0 saturated carbocycles. The van der Waals surface area contributed by atoms with Crippen LogP contribution in [0.25, 0.3) is 0 Å². The highest BCUT2D eigenvalue weighted by Gasteiger charge is 2.25. The number of ether oxygens (including phenoxy) is 1. The van der Waals surface area contributed by atoms with E-state index >= 15 is 0 Å². The molecule has 0 unspecified atom stereocenters. The largest absolute Gasteiger partial charge is 0.478 e. The number of hydrogen-bond acceptors (Lipinski definition) is 6. The van der Waals surface area contributed by atoms with Crippen molar-refractivity contribution >= 4 is 21.7 Å². The summed E-state index contributed by atoms with van der Waals surface area (Å²) in [6.45, 7) is 2.08. The van der Waals surface area contributed by atoms with Crippen LogP contribution in [0.4, 0.5) is 5.69 Å². The molecule has 8 nitrogen and oxygen atoms in total. The monoisotopic (exact) mass is 380 g/mol. The Labute approximate surface area is 151 Å². The molecule has 2 rings (SSSR count). The third-order valence-corrected chi connectivity index (χ3v) is 4.47. The summed E-state index contributed by atoms with van der Waals surface area (Å²) < 4.78 is 29.7. The van der Waals surface area contributed by atoms with Gasteiger partial charge >= 0.3 is 5.97 Å². The fourth-order valence-electron chi connectivity index (χ4n) is 2.25. The number of sulfonamides is 1. The molecule has 0 heterocycles. The Morgan fingerprint density at radius 1 is 1.23 bits per heavy atom. The number of carboxylic acids is 1. The molecule has 0 saturated heterocycles. The van der Waals surface area contributed by atoms with Gasteiger partial charge in [0, 0.05) is 6.54 Å². The molecule has 0 bridgehead atoms. The van der Waals surface area contributed by atoms with E-state index in [4.69, 9.17) is 9.88 Å². The molecule has 2 aromatic rings. The van der Waals surface area contributed by atoms with Gasteiger partial charge in [-0.25, -0.2) is 18.4 Å². The Morgan fingerprint density at radius 2 is 1.88 bits per heavy atom. The van der Waals surface area contributed by atoms with Gasteiger partial charge in [-0.05, 0) is 30.7 Å². The number of anilines is 1. The highest BCUT2D eigenvalue weighted by Crippen LogP contribution is 2.38. The van der Waals surface area contributed by atoms with Gasteiger partial charge in [-0.1, -0.05) is 31.5 Å². The van der Waals surface area contributed by atoms with Crippen LogP contribution in [-0.4, -0.2) is 31.2 Å². The molecule has 0 atom stereocenters. The lowest BCUT2D eigenvalue weighted by atomic mass is 10.1. The SMILES string of the molecule is CCCCN(O)c1cc(C(=O)O)cc(S(N)(=O)=O)c1Oc1ccccc1. The number of para-hydroxylation sites is 1. The van der Waals surface area contributed by atoms with Crippen LogP contribution < -0.4 is 14.9 Å². The van der Waals surface area contributed by atoms with Gasteiger partial charge in [0.1, 0.15) is 16.3 Å². The van der Waals surface area contributed by atoms with Crippen molar-refractivity contribution in [2.75, 3.05) is 11.6 Å². The second-order valence-corrected chi connectivity index (χ2v) is 7.09. The van der Waals surface area contributed by atoms with Crippen molar-refractivity contribution in [3.8, 4) is 11.5 Å². The van der Waals surface area contributed by atoms with Gasteiger partial charge in [-0.3, -0.25) is 10.3 Å². The van der Waals surface area contributed by atoms with Crippen molar-refractivity contribution in [2.45, 2.75) is 24.7 Å². The predicted molar refractivity (Wildman–Crippen MR) is 95.3 cm³/mol. The first kappa shape index (κ1) is 19.7. The smallest absolute Gasteiger partial charge is 0.335 e. The van der Waals surface area contributed by atoms with E-state index in [0.717, 1.165) is 23.6 Å². The van der Waals surface area contributed by atoms with E-state index in [1.807, 2.05) is 6.92 Å². The quantitative estimate of drug-likeness (QED) is 0.600. The average Bonchev–Trinajstić information content (AvgIpc) is 2.59. The summed E-state index contributed by atoms with van der Waals surface area (Å²) in [5, 5.41) is 25.6. The number of rotatable bonds is 8. The van der Waals surface area contributed by atoms with Gasteiger partial charge in [0.25, 0.3) is 0 Å². The number of nitrogens with zero attached hydrogens (tertiary/aromatic N) is 1. The number of nitrogens with two attached hydrogens (primary N) is 1. The first-order valence-corrected chi connectivity index (χ1v) is 9.42. The minimum absolute atomic E-state index is 0.0915. The molecule has 0 spiro atoms. The summed E-state index contributed by atoms with van der Waals surface area (Å²) >= 11 is 0. The van der Waals surface area contributed by atoms with Crippen LogP contribution >= 0.6 is 0 Å². The minimum Gasteiger partial charge on any atom is -0.478 e. The molecule has 140 valence electrons. The number of benzene rings is 2. The number of unbranched alkanes of at least 4 members (excludes halogenated alkanes) is 1. The fraction of sp³-hybridized carbons (Fsp3) is 0.235. The molecular formula is C17H20N2O6S. The Balaban J connectivity index is 2.68. The van der Waals surface area contributed by atoms with Crippen LogP contribution in [-0.2, 0) is 10.0 Å². The molecule has 0 amide bonds. The average molecular weight is 380 g/mol. The number of carboxylic acid groups (broad SMARTS) is 1. The number of hydroxylamine groups is 1. The lowest BCUT2D eigenvalue weighted by Gasteiger charge is -2.22. The summed E-state index contributed by atoms with van der Waals surface area (Å²) in [6, 6.07) is 10.4. The van der Waals surface area contributed by atoms with Gasteiger partial charge in [0.05, 0.1) is 5.56 Å². The number of primary sulfonamides is 1. The first-order valence-electron chi connectivity index (χ1n) is 7.87. The predicted octanol–water partition coefficient (Wildman–Crippen LogP) is 2.82. The highest BCUT2D eigenvalue weighted by molar-refractivity contribution is 7.89. The molecule has 4 N–H and O–H groups in total. The van der Waals surface area contributed by atoms with Gasteiger partial charge < -0.3 is 9.84 Å². The summed E-state index contributed by atoms with van der Waals surface area (Å²) in [7, 11) is -4.31. The van der Waals surface area contributed by atoms with E-state index in [2.05, 4.69) is 0 Å². The van der Waals surface area contributed by atoms with Crippen molar-refractivity contribution in [2.24, 2.45) is 5.14 Å². The second kappa shape index (κ2) is 8.17. The van der Waals surface area contributed by atoms with Crippen LogP contribution in [0.2, 0.25) is 0 Å². The van der Waals surface area contributed by atoms with Crippen molar-refractivity contribution in [1.82, 2.24) is 0 Å². The van der Waals surface area contributed by atoms with Crippen molar-refractivity contribution in [1.29, 1.82) is 0 Å². The molecule has 0 aliphatic rings. The van der Waals surface area contributed by atoms with Crippen molar-refractivity contribution < 1.29 is 28.3 Å². The first-order chi connectivity index (χ1) is 12.2. The fourth-order valence-corrected chi connectivity index (χ4v) is 2.95. The molecule has 0 radical (unpaired) electrons. The van der Waals surface area contributed by atoms with Gasteiger partial charge in [0.15, 0.2) is 5.75 Å². The Hall–Kier alpha value is -2.62. The van der Waals surface area contributed by atoms with Crippen LogP contribution in [0.3, 0.4) is 0 Å². The van der Waals surface area contributed by atoms with Crippen LogP contribution in [0, 0.1) is 0 Å². The van der Waals surface area contributed by atoms with E-state index in [-0.39, 0.29) is 23.5 Å². The molecule has 0 aromatic heterocycles. The van der Waals surface area contributed by atoms with Gasteiger partial charge in [0.2, 0.25) is 10.0 Å². The van der Waals surface area contributed by atoms with E-state index in [1.165, 1.54) is 0 Å². The summed E-state index contributed by atoms with van der Waals surface area (Å²) in [6.07, 6.45) is 1.37. The molecule has 0 aliphatic carbocycles. The van der Waals surface area contributed by atoms with Crippen LogP contribution in [0.1, 0.15) is 30.1 Å². The third-order valence-electron chi connectivity index (χ3n) is 3.55. The lowest BCUT2D eigenvalue weighted by molar-refractivity contribution is 0.0696. The van der Waals surface area contributed by atoms with E-state index in [0.29, 0.717) is 12.2 Å². The topological polar surface area (TPSA) is 130 Å². The van der Waals surface area contributed by atoms with E-state index < -0.39 is 20.9 Å². The third kappa shape index (κ3) is 4.72. The summed E-state index contributed by atoms with van der Waals surface area (Å²) in [5.74, 6) is -1.28. The van der Waals surface area contributed by atoms with Crippen molar-refractivity contribution in [3.63, 3.8) is 0 Å². The Morgan fingerprint density at radius 3 is 2.42 bits per heavy atom. The van der Waals surface area contributed by atoms with Crippen molar-refractivity contribution in [3.05, 3.63) is 48.0 Å². The van der Waals surface area contributed by atoms with Gasteiger partial charge in [-0.15, -0.1) is 0 Å². The number of aromatic carboxylic acids is 1.